The highest BCUT2D eigenvalue weighted by Gasteiger charge is 2.39. The molecule has 0 N–H and O–H groups in total. The number of fused-ring (bicyclic) bond motifs is 1. The quantitative estimate of drug-likeness (QED) is 0.277. The third-order valence-corrected chi connectivity index (χ3v) is 11.6. The van der Waals surface area contributed by atoms with Crippen LogP contribution < -0.4 is 9.64 Å². The van der Waals surface area contributed by atoms with Crippen LogP contribution in [-0.4, -0.2) is 39.1 Å². The van der Waals surface area contributed by atoms with E-state index in [1.807, 2.05) is 12.1 Å². The summed E-state index contributed by atoms with van der Waals surface area (Å²) in [6.07, 6.45) is 1.03. The molecule has 0 aliphatic rings. The smallest absolute Gasteiger partial charge is 0.192 e. The van der Waals surface area contributed by atoms with E-state index in [0.717, 1.165) is 47.4 Å². The number of anilines is 1. The summed E-state index contributed by atoms with van der Waals surface area (Å²) < 4.78 is 12.8. The minimum absolute atomic E-state index is 0.0974. The molecule has 0 aliphatic carbocycles. The SMILES string of the molecule is CCC(COc1ccc2ccc(-c3ccc(N(CC)CC)cc3)nc2c1)O[Si](C)(C)C(C)(C)C. The van der Waals surface area contributed by atoms with E-state index >= 15 is 0 Å². The van der Waals surface area contributed by atoms with Crippen molar-refractivity contribution in [1.82, 2.24) is 4.98 Å². The second-order valence-corrected chi connectivity index (χ2v) is 15.2. The van der Waals surface area contributed by atoms with Gasteiger partial charge in [-0.1, -0.05) is 45.9 Å². The van der Waals surface area contributed by atoms with E-state index in [1.165, 1.54) is 5.69 Å². The fraction of sp³-hybridized carbons (Fsp3) is 0.483. The van der Waals surface area contributed by atoms with Gasteiger partial charge in [0.2, 0.25) is 0 Å². The molecule has 0 spiro atoms. The van der Waals surface area contributed by atoms with Gasteiger partial charge in [-0.3, -0.25) is 0 Å². The van der Waals surface area contributed by atoms with Crippen LogP contribution in [0.5, 0.6) is 5.75 Å². The molecular weight excluding hydrogens is 436 g/mol. The van der Waals surface area contributed by atoms with Gasteiger partial charge in [0.15, 0.2) is 8.32 Å². The zero-order valence-electron chi connectivity index (χ0n) is 22.3. The lowest BCUT2D eigenvalue weighted by Gasteiger charge is -2.39. The highest BCUT2D eigenvalue weighted by Crippen LogP contribution is 2.37. The summed E-state index contributed by atoms with van der Waals surface area (Å²) in [7, 11) is -1.83. The average Bonchev–Trinajstić information content (AvgIpc) is 2.81. The topological polar surface area (TPSA) is 34.6 Å². The van der Waals surface area contributed by atoms with Gasteiger partial charge in [-0.25, -0.2) is 4.98 Å². The number of ether oxygens (including phenoxy) is 1. The highest BCUT2D eigenvalue weighted by atomic mass is 28.4. The highest BCUT2D eigenvalue weighted by molar-refractivity contribution is 6.74. The van der Waals surface area contributed by atoms with E-state index < -0.39 is 8.32 Å². The molecule has 0 saturated heterocycles. The first-order valence-corrected chi connectivity index (χ1v) is 15.6. The van der Waals surface area contributed by atoms with Crippen LogP contribution in [0.15, 0.2) is 54.6 Å². The molecule has 0 radical (unpaired) electrons. The van der Waals surface area contributed by atoms with Crippen LogP contribution in [0.1, 0.15) is 48.0 Å². The molecule has 1 unspecified atom stereocenters. The minimum Gasteiger partial charge on any atom is -0.491 e. The Kier molecular flexibility index (Phi) is 8.42. The fourth-order valence-electron chi connectivity index (χ4n) is 3.80. The van der Waals surface area contributed by atoms with E-state index in [2.05, 4.69) is 102 Å². The van der Waals surface area contributed by atoms with Gasteiger partial charge < -0.3 is 14.1 Å². The third-order valence-electron chi connectivity index (χ3n) is 7.11. The number of hydrogen-bond acceptors (Lipinski definition) is 4. The van der Waals surface area contributed by atoms with Crippen LogP contribution in [-0.2, 0) is 4.43 Å². The number of pyridine rings is 1. The van der Waals surface area contributed by atoms with Crippen LogP contribution in [0.3, 0.4) is 0 Å². The molecule has 0 aliphatic heterocycles. The Hall–Kier alpha value is -2.37. The first kappa shape index (κ1) is 26.2. The van der Waals surface area contributed by atoms with Gasteiger partial charge in [-0.05, 0) is 68.7 Å². The maximum atomic E-state index is 6.58. The Balaban J connectivity index is 1.75. The van der Waals surface area contributed by atoms with E-state index in [-0.39, 0.29) is 11.1 Å². The van der Waals surface area contributed by atoms with Crippen LogP contribution in [0.25, 0.3) is 22.2 Å². The van der Waals surface area contributed by atoms with Gasteiger partial charge in [-0.2, -0.15) is 0 Å². The molecule has 1 aromatic heterocycles. The van der Waals surface area contributed by atoms with Crippen LogP contribution in [0, 0.1) is 0 Å². The molecule has 4 nitrogen and oxygen atoms in total. The predicted octanol–water partition coefficient (Wildman–Crippen LogP) is 7.93. The molecule has 3 rings (SSSR count). The van der Waals surface area contributed by atoms with Gasteiger partial charge >= 0.3 is 0 Å². The van der Waals surface area contributed by atoms with Crippen molar-refractivity contribution in [3.63, 3.8) is 0 Å². The minimum atomic E-state index is -1.83. The van der Waals surface area contributed by atoms with Crippen molar-refractivity contribution in [2.24, 2.45) is 0 Å². The second kappa shape index (κ2) is 10.9. The van der Waals surface area contributed by atoms with Gasteiger partial charge in [0, 0.05) is 35.8 Å². The Morgan fingerprint density at radius 2 is 1.56 bits per heavy atom. The molecular formula is C29H42N2O2Si. The molecule has 1 atom stereocenters. The second-order valence-electron chi connectivity index (χ2n) is 10.5. The maximum Gasteiger partial charge on any atom is 0.192 e. The number of nitrogens with zero attached hydrogens (tertiary/aromatic N) is 2. The number of benzene rings is 2. The first-order chi connectivity index (χ1) is 16.1. The number of rotatable bonds is 10. The lowest BCUT2D eigenvalue weighted by atomic mass is 10.1. The maximum absolute atomic E-state index is 6.58. The van der Waals surface area contributed by atoms with E-state index in [0.29, 0.717) is 6.61 Å². The Labute approximate surface area is 207 Å². The normalized spacial score (nSPS) is 13.2. The molecule has 34 heavy (non-hydrogen) atoms. The first-order valence-electron chi connectivity index (χ1n) is 12.6. The summed E-state index contributed by atoms with van der Waals surface area (Å²) in [6.45, 7) is 20.5. The molecule has 5 heteroatoms. The molecule has 0 fully saturated rings. The molecule has 1 heterocycles. The molecule has 0 amide bonds. The van der Waals surface area contributed by atoms with Crippen molar-refractivity contribution >= 4 is 24.9 Å². The Bertz CT molecular complexity index is 1070. The summed E-state index contributed by atoms with van der Waals surface area (Å²) in [6, 6.07) is 19.1. The van der Waals surface area contributed by atoms with Crippen molar-refractivity contribution in [2.75, 3.05) is 24.6 Å². The summed E-state index contributed by atoms with van der Waals surface area (Å²) in [5, 5.41) is 1.30. The Morgan fingerprint density at radius 1 is 0.912 bits per heavy atom. The standard InChI is InChI=1S/C29H42N2O2Si/c1-9-25(33-34(7,8)29(4,5)6)21-32-26-18-14-23-15-19-27(30-28(23)20-26)22-12-16-24(17-13-22)31(10-2)11-3/h12-20,25H,9-11,21H2,1-8H3. The van der Waals surface area contributed by atoms with Crippen LogP contribution in [0.4, 0.5) is 5.69 Å². The summed E-state index contributed by atoms with van der Waals surface area (Å²) in [5.74, 6) is 0.839. The van der Waals surface area contributed by atoms with Gasteiger partial charge in [0.25, 0.3) is 0 Å². The number of hydrogen-bond donors (Lipinski definition) is 0. The summed E-state index contributed by atoms with van der Waals surface area (Å²) >= 11 is 0. The van der Waals surface area contributed by atoms with Crippen LogP contribution >= 0.6 is 0 Å². The van der Waals surface area contributed by atoms with E-state index in [1.54, 1.807) is 0 Å². The number of aromatic nitrogens is 1. The average molecular weight is 479 g/mol. The largest absolute Gasteiger partial charge is 0.491 e. The van der Waals surface area contributed by atoms with Crippen molar-refractivity contribution < 1.29 is 9.16 Å². The van der Waals surface area contributed by atoms with Crippen molar-refractivity contribution in [3.05, 3.63) is 54.6 Å². The molecule has 2 aromatic carbocycles. The molecule has 0 saturated carbocycles. The van der Waals surface area contributed by atoms with Crippen LogP contribution in [0.2, 0.25) is 18.1 Å². The zero-order valence-corrected chi connectivity index (χ0v) is 23.3. The van der Waals surface area contributed by atoms with E-state index in [4.69, 9.17) is 14.1 Å². The van der Waals surface area contributed by atoms with E-state index in [9.17, 15) is 0 Å². The van der Waals surface area contributed by atoms with Crippen molar-refractivity contribution in [1.29, 1.82) is 0 Å². The summed E-state index contributed by atoms with van der Waals surface area (Å²) in [5.41, 5.74) is 4.29. The fourth-order valence-corrected chi connectivity index (χ4v) is 5.22. The Morgan fingerprint density at radius 3 is 2.15 bits per heavy atom. The lowest BCUT2D eigenvalue weighted by Crippen LogP contribution is -2.45. The zero-order chi connectivity index (χ0) is 24.9. The molecule has 0 bridgehead atoms. The van der Waals surface area contributed by atoms with Crippen molar-refractivity contribution in [3.8, 4) is 17.0 Å². The van der Waals surface area contributed by atoms with Crippen molar-refractivity contribution in [2.45, 2.75) is 72.2 Å². The van der Waals surface area contributed by atoms with Gasteiger partial charge in [-0.15, -0.1) is 0 Å². The monoisotopic (exact) mass is 478 g/mol. The molecule has 3 aromatic rings. The third kappa shape index (κ3) is 6.19. The predicted molar refractivity (Wildman–Crippen MR) is 149 cm³/mol. The van der Waals surface area contributed by atoms with Gasteiger partial charge in [0.1, 0.15) is 12.4 Å². The summed E-state index contributed by atoms with van der Waals surface area (Å²) in [4.78, 5) is 7.29. The van der Waals surface area contributed by atoms with Gasteiger partial charge in [0.05, 0.1) is 17.3 Å². The lowest BCUT2D eigenvalue weighted by molar-refractivity contribution is 0.112. The molecule has 184 valence electrons.